The second-order valence-electron chi connectivity index (χ2n) is 7.52. The molecule has 2 amide bonds. The molecule has 0 saturated carbocycles. The van der Waals surface area contributed by atoms with Gasteiger partial charge in [0, 0.05) is 50.3 Å². The summed E-state index contributed by atoms with van der Waals surface area (Å²) in [5.74, 6) is 1.07. The maximum Gasteiger partial charge on any atom is 0.251 e. The Labute approximate surface area is 169 Å². The summed E-state index contributed by atoms with van der Waals surface area (Å²) >= 11 is 0. The first kappa shape index (κ1) is 19.3. The fourth-order valence-corrected chi connectivity index (χ4v) is 3.53. The number of hydrogen-bond donors (Lipinski definition) is 2. The largest absolute Gasteiger partial charge is 0.381 e. The summed E-state index contributed by atoms with van der Waals surface area (Å²) < 4.78 is 5.34. The Bertz CT molecular complexity index is 831. The summed E-state index contributed by atoms with van der Waals surface area (Å²) in [5.41, 5.74) is 1.28. The summed E-state index contributed by atoms with van der Waals surface area (Å²) in [7, 11) is 0. The molecule has 0 atom stereocenters. The van der Waals surface area contributed by atoms with Crippen LogP contribution in [0.5, 0.6) is 0 Å². The number of benzene rings is 1. The Morgan fingerprint density at radius 2 is 1.86 bits per heavy atom. The van der Waals surface area contributed by atoms with E-state index in [-0.39, 0.29) is 17.7 Å². The molecule has 2 saturated heterocycles. The van der Waals surface area contributed by atoms with Gasteiger partial charge in [-0.15, -0.1) is 5.10 Å². The third-order valence-electron chi connectivity index (χ3n) is 5.44. The van der Waals surface area contributed by atoms with Crippen LogP contribution in [0.4, 0.5) is 11.5 Å². The van der Waals surface area contributed by atoms with E-state index in [1.54, 1.807) is 30.5 Å². The van der Waals surface area contributed by atoms with E-state index in [9.17, 15) is 9.59 Å². The summed E-state index contributed by atoms with van der Waals surface area (Å²) in [6.45, 7) is 3.46. The van der Waals surface area contributed by atoms with Crippen molar-refractivity contribution < 1.29 is 14.3 Å². The maximum atomic E-state index is 12.4. The SMILES string of the molecule is O=C(NCC1CCOCC1)c1ccc(NC(=O)C2CN(c3cccnn3)C2)cc1. The highest BCUT2D eigenvalue weighted by Gasteiger charge is 2.33. The molecule has 0 unspecified atom stereocenters. The lowest BCUT2D eigenvalue weighted by Crippen LogP contribution is -2.52. The summed E-state index contributed by atoms with van der Waals surface area (Å²) in [6, 6.07) is 10.7. The number of rotatable bonds is 6. The number of carbonyl (C=O) groups excluding carboxylic acids is 2. The summed E-state index contributed by atoms with van der Waals surface area (Å²) in [5, 5.41) is 13.8. The molecular weight excluding hydrogens is 370 g/mol. The van der Waals surface area contributed by atoms with Crippen molar-refractivity contribution in [2.45, 2.75) is 12.8 Å². The number of aromatic nitrogens is 2. The molecule has 1 aromatic carbocycles. The van der Waals surface area contributed by atoms with Crippen molar-refractivity contribution in [1.82, 2.24) is 15.5 Å². The van der Waals surface area contributed by atoms with E-state index in [2.05, 4.69) is 20.8 Å². The van der Waals surface area contributed by atoms with Crippen LogP contribution in [0.3, 0.4) is 0 Å². The first-order chi connectivity index (χ1) is 14.2. The number of anilines is 2. The molecule has 0 radical (unpaired) electrons. The van der Waals surface area contributed by atoms with Crippen LogP contribution in [-0.4, -0.2) is 54.9 Å². The first-order valence-corrected chi connectivity index (χ1v) is 9.98. The average molecular weight is 395 g/mol. The van der Waals surface area contributed by atoms with Crippen LogP contribution in [0, 0.1) is 11.8 Å². The molecule has 4 rings (SSSR count). The molecule has 2 fully saturated rings. The van der Waals surface area contributed by atoms with Crippen molar-refractivity contribution in [3.05, 3.63) is 48.2 Å². The van der Waals surface area contributed by atoms with Crippen LogP contribution in [0.15, 0.2) is 42.6 Å². The van der Waals surface area contributed by atoms with E-state index in [4.69, 9.17) is 4.74 Å². The minimum Gasteiger partial charge on any atom is -0.381 e. The van der Waals surface area contributed by atoms with E-state index in [1.165, 1.54) is 0 Å². The molecule has 0 spiro atoms. The van der Waals surface area contributed by atoms with Crippen molar-refractivity contribution in [2.24, 2.45) is 11.8 Å². The number of nitrogens with zero attached hydrogens (tertiary/aromatic N) is 3. The molecule has 152 valence electrons. The Morgan fingerprint density at radius 1 is 1.10 bits per heavy atom. The van der Waals surface area contributed by atoms with Gasteiger partial charge in [0.15, 0.2) is 5.82 Å². The molecule has 8 nitrogen and oxygen atoms in total. The third-order valence-corrected chi connectivity index (χ3v) is 5.44. The van der Waals surface area contributed by atoms with Crippen molar-refractivity contribution >= 4 is 23.3 Å². The van der Waals surface area contributed by atoms with Gasteiger partial charge < -0.3 is 20.3 Å². The number of amides is 2. The number of hydrogen-bond acceptors (Lipinski definition) is 6. The van der Waals surface area contributed by atoms with Gasteiger partial charge in [-0.05, 0) is 55.2 Å². The van der Waals surface area contributed by atoms with Crippen molar-refractivity contribution in [3.63, 3.8) is 0 Å². The Morgan fingerprint density at radius 3 is 2.55 bits per heavy atom. The highest BCUT2D eigenvalue weighted by Crippen LogP contribution is 2.23. The van der Waals surface area contributed by atoms with Crippen LogP contribution in [-0.2, 0) is 9.53 Å². The average Bonchev–Trinajstić information content (AvgIpc) is 2.73. The summed E-state index contributed by atoms with van der Waals surface area (Å²) in [6.07, 6.45) is 3.60. The fourth-order valence-electron chi connectivity index (χ4n) is 3.53. The van der Waals surface area contributed by atoms with E-state index in [1.807, 2.05) is 17.0 Å². The molecule has 0 bridgehead atoms. The van der Waals surface area contributed by atoms with Crippen LogP contribution in [0.1, 0.15) is 23.2 Å². The molecule has 1 aromatic heterocycles. The molecule has 0 aliphatic carbocycles. The first-order valence-electron chi connectivity index (χ1n) is 9.98. The minimum absolute atomic E-state index is 0.0261. The smallest absolute Gasteiger partial charge is 0.251 e. The molecule has 2 aromatic rings. The van der Waals surface area contributed by atoms with Gasteiger partial charge in [-0.25, -0.2) is 0 Å². The summed E-state index contributed by atoms with van der Waals surface area (Å²) in [4.78, 5) is 26.7. The van der Waals surface area contributed by atoms with Gasteiger partial charge in [0.25, 0.3) is 5.91 Å². The predicted molar refractivity (Wildman–Crippen MR) is 109 cm³/mol. The van der Waals surface area contributed by atoms with Crippen molar-refractivity contribution in [3.8, 4) is 0 Å². The number of ether oxygens (including phenoxy) is 1. The molecular formula is C21H25N5O3. The minimum atomic E-state index is -0.0898. The van der Waals surface area contributed by atoms with Crippen LogP contribution in [0.25, 0.3) is 0 Å². The fraction of sp³-hybridized carbons (Fsp3) is 0.429. The zero-order valence-corrected chi connectivity index (χ0v) is 16.2. The molecule has 2 aliphatic heterocycles. The molecule has 29 heavy (non-hydrogen) atoms. The molecule has 2 aliphatic rings. The highest BCUT2D eigenvalue weighted by atomic mass is 16.5. The lowest BCUT2D eigenvalue weighted by atomic mass is 9.99. The predicted octanol–water partition coefficient (Wildman–Crippen LogP) is 1.71. The molecule has 8 heteroatoms. The zero-order valence-electron chi connectivity index (χ0n) is 16.2. The highest BCUT2D eigenvalue weighted by molar-refractivity contribution is 5.97. The monoisotopic (exact) mass is 395 g/mol. The number of carbonyl (C=O) groups is 2. The van der Waals surface area contributed by atoms with Gasteiger partial charge in [0.1, 0.15) is 0 Å². The lowest BCUT2D eigenvalue weighted by Gasteiger charge is -2.38. The zero-order chi connectivity index (χ0) is 20.1. The van der Waals surface area contributed by atoms with Crippen molar-refractivity contribution in [2.75, 3.05) is 43.1 Å². The van der Waals surface area contributed by atoms with E-state index >= 15 is 0 Å². The molecule has 2 N–H and O–H groups in total. The van der Waals surface area contributed by atoms with Crippen LogP contribution < -0.4 is 15.5 Å². The second-order valence-corrected chi connectivity index (χ2v) is 7.52. The quantitative estimate of drug-likeness (QED) is 0.773. The third kappa shape index (κ3) is 4.89. The van der Waals surface area contributed by atoms with E-state index in [0.717, 1.165) is 31.9 Å². The normalized spacial score (nSPS) is 17.4. The van der Waals surface area contributed by atoms with Gasteiger partial charge in [-0.3, -0.25) is 9.59 Å². The van der Waals surface area contributed by atoms with Gasteiger partial charge in [-0.1, -0.05) is 0 Å². The van der Waals surface area contributed by atoms with Gasteiger partial charge in [0.2, 0.25) is 5.91 Å². The Hall–Kier alpha value is -3.00. The van der Waals surface area contributed by atoms with Crippen LogP contribution >= 0.6 is 0 Å². The van der Waals surface area contributed by atoms with E-state index < -0.39 is 0 Å². The maximum absolute atomic E-state index is 12.4. The lowest BCUT2D eigenvalue weighted by molar-refractivity contribution is -0.120. The van der Waals surface area contributed by atoms with Crippen LogP contribution in [0.2, 0.25) is 0 Å². The number of nitrogens with one attached hydrogen (secondary N) is 2. The standard InChI is InChI=1S/C21H25N5O3/c27-20(22-12-15-7-10-29-11-8-15)16-3-5-18(6-4-16)24-21(28)17-13-26(14-17)19-2-1-9-23-25-19/h1-6,9,15,17H,7-8,10-14H2,(H,22,27)(H,24,28). The Kier molecular flexibility index (Phi) is 6.00. The van der Waals surface area contributed by atoms with Gasteiger partial charge >= 0.3 is 0 Å². The van der Waals surface area contributed by atoms with E-state index in [0.29, 0.717) is 36.8 Å². The van der Waals surface area contributed by atoms with Crippen molar-refractivity contribution in [1.29, 1.82) is 0 Å². The topological polar surface area (TPSA) is 96.5 Å². The van der Waals surface area contributed by atoms with Gasteiger partial charge in [0.05, 0.1) is 5.92 Å². The second kappa shape index (κ2) is 9.00. The van der Waals surface area contributed by atoms with Gasteiger partial charge in [-0.2, -0.15) is 5.10 Å². The molecule has 3 heterocycles. The Balaban J connectivity index is 1.23.